The van der Waals surface area contributed by atoms with Crippen LogP contribution in [-0.2, 0) is 26.0 Å². The van der Waals surface area contributed by atoms with E-state index in [0.29, 0.717) is 12.8 Å². The zero-order valence-corrected chi connectivity index (χ0v) is 13.0. The number of sulfone groups is 1. The minimum Gasteiger partial charge on any atom is -0.480 e. The Balaban J connectivity index is 2.20. The maximum atomic E-state index is 12.5. The Morgan fingerprint density at radius 2 is 1.86 bits per heavy atom. The van der Waals surface area contributed by atoms with Crippen molar-refractivity contribution in [2.24, 2.45) is 0 Å². The first-order valence-electron chi connectivity index (χ1n) is 7.16. The lowest BCUT2D eigenvalue weighted by Crippen LogP contribution is -2.46. The van der Waals surface area contributed by atoms with Crippen LogP contribution in [0.25, 0.3) is 0 Å². The predicted molar refractivity (Wildman–Crippen MR) is 80.9 cm³/mol. The second kappa shape index (κ2) is 6.91. The predicted octanol–water partition coefficient (Wildman–Crippen LogP) is 1.07. The molecule has 1 heterocycles. The fourth-order valence-corrected chi connectivity index (χ4v) is 4.49. The summed E-state index contributed by atoms with van der Waals surface area (Å²) in [5.41, 5.74) is 0.769. The summed E-state index contributed by atoms with van der Waals surface area (Å²) in [6.07, 6.45) is 1.50. The smallest absolute Gasteiger partial charge is 0.323 e. The van der Waals surface area contributed by atoms with E-state index in [4.69, 9.17) is 5.11 Å². The number of carbonyl (C=O) groups excluding carboxylic acids is 1. The summed E-state index contributed by atoms with van der Waals surface area (Å²) in [5.74, 6) is -1.77. The van der Waals surface area contributed by atoms with Gasteiger partial charge in [0, 0.05) is 6.54 Å². The van der Waals surface area contributed by atoms with Gasteiger partial charge in [-0.2, -0.15) is 0 Å². The zero-order valence-electron chi connectivity index (χ0n) is 12.1. The number of nitrogens with zero attached hydrogens (tertiary/aromatic N) is 1. The van der Waals surface area contributed by atoms with Crippen molar-refractivity contribution in [2.75, 3.05) is 12.3 Å². The van der Waals surface area contributed by atoms with E-state index in [1.165, 1.54) is 0 Å². The van der Waals surface area contributed by atoms with E-state index in [0.717, 1.165) is 10.5 Å². The summed E-state index contributed by atoms with van der Waals surface area (Å²) in [4.78, 5) is 24.7. The molecule has 0 radical (unpaired) electrons. The molecule has 120 valence electrons. The highest BCUT2D eigenvalue weighted by atomic mass is 32.2. The lowest BCUT2D eigenvalue weighted by atomic mass is 10.1. The molecule has 6 nitrogen and oxygen atoms in total. The summed E-state index contributed by atoms with van der Waals surface area (Å²) >= 11 is 0. The molecule has 22 heavy (non-hydrogen) atoms. The fourth-order valence-electron chi connectivity index (χ4n) is 2.61. The molecule has 1 N–H and O–H groups in total. The Bertz CT molecular complexity index is 641. The molecule has 1 aliphatic rings. The van der Waals surface area contributed by atoms with Gasteiger partial charge < -0.3 is 10.0 Å². The molecule has 1 saturated heterocycles. The Kier molecular flexibility index (Phi) is 5.18. The summed E-state index contributed by atoms with van der Waals surface area (Å²) < 4.78 is 24.1. The van der Waals surface area contributed by atoms with E-state index in [9.17, 15) is 18.0 Å². The van der Waals surface area contributed by atoms with E-state index >= 15 is 0 Å². The van der Waals surface area contributed by atoms with Crippen molar-refractivity contribution in [3.05, 3.63) is 35.9 Å². The van der Waals surface area contributed by atoms with Crippen LogP contribution in [0.2, 0.25) is 0 Å². The first-order valence-corrected chi connectivity index (χ1v) is 8.88. The highest BCUT2D eigenvalue weighted by molar-refractivity contribution is 7.92. The number of benzene rings is 1. The molecule has 1 atom stereocenters. The van der Waals surface area contributed by atoms with Gasteiger partial charge in [-0.25, -0.2) is 8.42 Å². The van der Waals surface area contributed by atoms with Gasteiger partial charge in [0.15, 0.2) is 9.84 Å². The van der Waals surface area contributed by atoms with Crippen LogP contribution in [0.1, 0.15) is 24.8 Å². The van der Waals surface area contributed by atoms with Crippen molar-refractivity contribution in [1.82, 2.24) is 4.90 Å². The SMILES string of the molecule is O=C(O)CN(Cc1ccccc1)C(=O)C1CCCCS1(=O)=O. The molecular formula is C15H19NO5S. The number of amides is 1. The van der Waals surface area contributed by atoms with Gasteiger partial charge in [-0.3, -0.25) is 9.59 Å². The first kappa shape index (κ1) is 16.5. The molecule has 0 spiro atoms. The van der Waals surface area contributed by atoms with Gasteiger partial charge in [0.2, 0.25) is 5.91 Å². The van der Waals surface area contributed by atoms with Gasteiger partial charge >= 0.3 is 5.97 Å². The number of carboxylic acids is 1. The van der Waals surface area contributed by atoms with Crippen molar-refractivity contribution < 1.29 is 23.1 Å². The minimum atomic E-state index is -3.48. The third-order valence-corrected chi connectivity index (χ3v) is 5.87. The monoisotopic (exact) mass is 325 g/mol. The Hall–Kier alpha value is -1.89. The van der Waals surface area contributed by atoms with Crippen LogP contribution in [0, 0.1) is 0 Å². The molecule has 2 rings (SSSR count). The average molecular weight is 325 g/mol. The van der Waals surface area contributed by atoms with Crippen LogP contribution in [0.3, 0.4) is 0 Å². The average Bonchev–Trinajstić information content (AvgIpc) is 2.46. The molecule has 0 aromatic heterocycles. The van der Waals surface area contributed by atoms with Gasteiger partial charge in [-0.15, -0.1) is 0 Å². The van der Waals surface area contributed by atoms with Crippen molar-refractivity contribution in [1.29, 1.82) is 0 Å². The topological polar surface area (TPSA) is 91.8 Å². The third kappa shape index (κ3) is 4.07. The molecule has 1 amide bonds. The molecule has 0 aliphatic carbocycles. The maximum absolute atomic E-state index is 12.5. The molecule has 1 aromatic rings. The second-order valence-electron chi connectivity index (χ2n) is 5.43. The fraction of sp³-hybridized carbons (Fsp3) is 0.467. The zero-order chi connectivity index (χ0) is 16.2. The van der Waals surface area contributed by atoms with Crippen LogP contribution < -0.4 is 0 Å². The van der Waals surface area contributed by atoms with E-state index < -0.39 is 33.5 Å². The van der Waals surface area contributed by atoms with Gasteiger partial charge in [0.05, 0.1) is 5.75 Å². The van der Waals surface area contributed by atoms with Crippen molar-refractivity contribution in [3.63, 3.8) is 0 Å². The molecule has 0 bridgehead atoms. The first-order chi connectivity index (χ1) is 10.4. The normalized spacial score (nSPS) is 20.3. The molecule has 1 fully saturated rings. The number of hydrogen-bond acceptors (Lipinski definition) is 4. The molecular weight excluding hydrogens is 306 g/mol. The summed E-state index contributed by atoms with van der Waals surface area (Å²) in [7, 11) is -3.48. The summed E-state index contributed by atoms with van der Waals surface area (Å²) in [6, 6.07) is 8.94. The van der Waals surface area contributed by atoms with Crippen molar-refractivity contribution in [3.8, 4) is 0 Å². The van der Waals surface area contributed by atoms with E-state index in [1.54, 1.807) is 24.3 Å². The number of carboxylic acid groups (broad SMARTS) is 1. The molecule has 1 unspecified atom stereocenters. The maximum Gasteiger partial charge on any atom is 0.323 e. The molecule has 1 aliphatic heterocycles. The highest BCUT2D eigenvalue weighted by Gasteiger charge is 2.37. The van der Waals surface area contributed by atoms with E-state index in [-0.39, 0.29) is 18.7 Å². The number of aliphatic carboxylic acids is 1. The molecule has 1 aromatic carbocycles. The van der Waals surface area contributed by atoms with Crippen LogP contribution in [-0.4, -0.2) is 47.8 Å². The second-order valence-corrected chi connectivity index (χ2v) is 7.73. The van der Waals surface area contributed by atoms with Crippen molar-refractivity contribution in [2.45, 2.75) is 31.1 Å². The number of hydrogen-bond donors (Lipinski definition) is 1. The van der Waals surface area contributed by atoms with E-state index in [2.05, 4.69) is 0 Å². The summed E-state index contributed by atoms with van der Waals surface area (Å²) in [5, 5.41) is 7.89. The van der Waals surface area contributed by atoms with Crippen LogP contribution >= 0.6 is 0 Å². The molecule has 7 heteroatoms. The molecule has 0 saturated carbocycles. The lowest BCUT2D eigenvalue weighted by Gasteiger charge is -2.28. The van der Waals surface area contributed by atoms with Crippen LogP contribution in [0.5, 0.6) is 0 Å². The Morgan fingerprint density at radius 3 is 2.45 bits per heavy atom. The van der Waals surface area contributed by atoms with Gasteiger partial charge in [0.1, 0.15) is 11.8 Å². The van der Waals surface area contributed by atoms with Crippen LogP contribution in [0.4, 0.5) is 0 Å². The Morgan fingerprint density at radius 1 is 1.18 bits per heavy atom. The van der Waals surface area contributed by atoms with Gasteiger partial charge in [-0.1, -0.05) is 36.8 Å². The van der Waals surface area contributed by atoms with E-state index in [1.807, 2.05) is 6.07 Å². The highest BCUT2D eigenvalue weighted by Crippen LogP contribution is 2.22. The lowest BCUT2D eigenvalue weighted by molar-refractivity contribution is -0.144. The van der Waals surface area contributed by atoms with Gasteiger partial charge in [0.25, 0.3) is 0 Å². The van der Waals surface area contributed by atoms with Crippen molar-refractivity contribution >= 4 is 21.7 Å². The Labute approximate surface area is 129 Å². The standard InChI is InChI=1S/C15H19NO5S/c17-14(18)11-16(10-12-6-2-1-3-7-12)15(19)13-8-4-5-9-22(13,20)21/h1-3,6-7,13H,4-5,8-11H2,(H,17,18). The van der Waals surface area contributed by atoms with Crippen LogP contribution in [0.15, 0.2) is 30.3 Å². The summed E-state index contributed by atoms with van der Waals surface area (Å²) in [6.45, 7) is -0.405. The quantitative estimate of drug-likeness (QED) is 0.874. The minimum absolute atomic E-state index is 0.00431. The number of carbonyl (C=O) groups is 2. The third-order valence-electron chi connectivity index (χ3n) is 3.71. The van der Waals surface area contributed by atoms with Gasteiger partial charge in [-0.05, 0) is 18.4 Å². The largest absolute Gasteiger partial charge is 0.480 e. The number of rotatable bonds is 5.